The molecule has 0 unspecified atom stereocenters. The number of esters is 1. The number of aryl methyl sites for hydroxylation is 7. The molecule has 1 saturated heterocycles. The van der Waals surface area contributed by atoms with Gasteiger partial charge in [0.1, 0.15) is 34.6 Å². The maximum Gasteiger partial charge on any atom is 0.332 e. The number of hydrogen-bond acceptors (Lipinski definition) is 11. The molecule has 91 heavy (non-hydrogen) atoms. The number of anilines is 2. The van der Waals surface area contributed by atoms with E-state index in [1.165, 1.54) is 36.9 Å². The van der Waals surface area contributed by atoms with Crippen molar-refractivity contribution in [1.82, 2.24) is 10.2 Å². The van der Waals surface area contributed by atoms with E-state index in [4.69, 9.17) is 74.5 Å². The van der Waals surface area contributed by atoms with Gasteiger partial charge in [0.05, 0.1) is 44.1 Å². The SMILES string of the molecule is CCOC(=O)Cc1ccc(C)c(O)c1.CN1CCNCC1.Cc1cc(S(=O)(=O)F)ccc1N.[C-]#[N+]c1cc(Cl)cc(Oc2cc(CC(=O)Nc3ccc(C)cc3C)ccc2C)c1.[C-]#[N+]c1cc(Cl)cc(Oc2cc(CC)ccc2C)c1.[C-]#[N+]c1cc(F)cc(Cl)c1. The molecule has 15 nitrogen and oxygen atoms in total. The van der Waals surface area contributed by atoms with E-state index in [1.54, 1.807) is 62.4 Å². The topological polar surface area (TPSA) is 183 Å². The summed E-state index contributed by atoms with van der Waals surface area (Å²) < 4.78 is 62.1. The first-order chi connectivity index (χ1) is 43.1. The molecule has 1 fully saturated rings. The van der Waals surface area contributed by atoms with Crippen LogP contribution in [0, 0.1) is 67.1 Å². The number of nitrogens with two attached hydrogens (primary N) is 1. The zero-order valence-corrected chi connectivity index (χ0v) is 55.1. The lowest BCUT2D eigenvalue weighted by atomic mass is 10.1. The van der Waals surface area contributed by atoms with E-state index in [0.29, 0.717) is 56.5 Å². The zero-order chi connectivity index (χ0) is 67.4. The molecule has 0 saturated carbocycles. The third-order valence-corrected chi connectivity index (χ3v) is 14.6. The Morgan fingerprint density at radius 1 is 0.626 bits per heavy atom. The highest BCUT2D eigenvalue weighted by Gasteiger charge is 2.14. The lowest BCUT2D eigenvalue weighted by Crippen LogP contribution is -2.40. The number of aromatic hydroxyl groups is 1. The first-order valence-electron chi connectivity index (χ1n) is 28.4. The number of nitrogens with one attached hydrogen (secondary N) is 2. The number of nitrogen functional groups attached to an aromatic ring is 1. The van der Waals surface area contributed by atoms with Gasteiger partial charge in [-0.05, 0) is 204 Å². The Morgan fingerprint density at radius 3 is 1.59 bits per heavy atom. The third kappa shape index (κ3) is 26.9. The van der Waals surface area contributed by atoms with Gasteiger partial charge in [-0.3, -0.25) is 9.59 Å². The molecule has 0 aliphatic carbocycles. The number of carbonyl (C=O) groups excluding carboxylic acids is 2. The Morgan fingerprint density at radius 2 is 1.13 bits per heavy atom. The lowest BCUT2D eigenvalue weighted by Gasteiger charge is -2.21. The summed E-state index contributed by atoms with van der Waals surface area (Å²) in [5.74, 6) is 1.89. The summed E-state index contributed by atoms with van der Waals surface area (Å²) in [6.07, 6.45) is 1.40. The fourth-order valence-corrected chi connectivity index (χ4v) is 9.30. The van der Waals surface area contributed by atoms with E-state index in [-0.39, 0.29) is 46.1 Å². The number of likely N-dealkylation sites (N-methyl/N-ethyl adjacent to an activating group) is 1. The fourth-order valence-electron chi connectivity index (χ4n) is 8.09. The van der Waals surface area contributed by atoms with E-state index in [1.807, 2.05) is 89.2 Å². The number of benzene rings is 8. The molecule has 1 amide bonds. The number of piperazine rings is 1. The average molecular weight is 1320 g/mol. The first-order valence-corrected chi connectivity index (χ1v) is 30.9. The summed E-state index contributed by atoms with van der Waals surface area (Å²) in [5.41, 5.74) is 16.1. The predicted molar refractivity (Wildman–Crippen MR) is 361 cm³/mol. The molecule has 1 heterocycles. The number of amides is 1. The molecule has 0 bridgehead atoms. The second-order valence-electron chi connectivity index (χ2n) is 20.7. The maximum absolute atomic E-state index is 12.5. The van der Waals surface area contributed by atoms with Crippen LogP contribution in [-0.2, 0) is 43.8 Å². The highest BCUT2D eigenvalue weighted by molar-refractivity contribution is 7.86. The molecule has 5 N–H and O–H groups in total. The van der Waals surface area contributed by atoms with Crippen molar-refractivity contribution in [3.8, 4) is 28.7 Å². The number of halogens is 5. The molecule has 0 spiro atoms. The predicted octanol–water partition coefficient (Wildman–Crippen LogP) is 17.9. The lowest BCUT2D eigenvalue weighted by molar-refractivity contribution is -0.142. The van der Waals surface area contributed by atoms with Crippen LogP contribution in [0.25, 0.3) is 14.5 Å². The second kappa shape index (κ2) is 37.2. The van der Waals surface area contributed by atoms with Crippen molar-refractivity contribution in [3.63, 3.8) is 0 Å². The van der Waals surface area contributed by atoms with Crippen molar-refractivity contribution in [2.45, 2.75) is 79.5 Å². The van der Waals surface area contributed by atoms with Crippen LogP contribution in [-0.4, -0.2) is 70.1 Å². The highest BCUT2D eigenvalue weighted by atomic mass is 35.5. The molecule has 476 valence electrons. The molecule has 0 atom stereocenters. The van der Waals surface area contributed by atoms with Gasteiger partial charge < -0.3 is 40.6 Å². The number of ether oxygens (including phenoxy) is 3. The molecule has 1 aliphatic rings. The molecule has 0 radical (unpaired) electrons. The Bertz CT molecular complexity index is 4030. The van der Waals surface area contributed by atoms with E-state index < -0.39 is 16.0 Å². The first kappa shape index (κ1) is 74.4. The molecule has 8 aromatic carbocycles. The number of nitrogens with zero attached hydrogens (tertiary/aromatic N) is 4. The summed E-state index contributed by atoms with van der Waals surface area (Å²) in [5, 5.41) is 16.8. The average Bonchev–Trinajstić information content (AvgIpc) is 3.64. The molecule has 0 aromatic heterocycles. The quantitative estimate of drug-likeness (QED) is 0.0395. The molecule has 1 aliphatic heterocycles. The Hall–Kier alpha value is -9.03. The summed E-state index contributed by atoms with van der Waals surface area (Å²) in [6, 6.07) is 40.2. The number of phenols is 1. The summed E-state index contributed by atoms with van der Waals surface area (Å²) in [4.78, 5) is 35.4. The standard InChI is InChI=1S/C24H21ClN2O2.C16H14ClNO.C11H14O3.C7H3ClFN.C7H8FNO2S.C5H12N2/c1-15-5-8-22(17(3)9-15)27-24(28)11-18-7-6-16(2)23(10-18)29-21-13-19(25)12-20(14-21)26-4;1-4-12-6-5-11(2)16(7-12)19-15-9-13(17)8-14(10-15)18-3;1-3-14-11(13)7-9-5-4-8(2)10(12)6-9;1-10-7-3-5(8)2-6(9)4-7;1-5-4-6(12(8,10)11)2-3-7(5)9;1-7-4-2-6-3-5-7/h5-10,12-14H,11H2,1-3H3,(H,27,28);5-10H,4H2,1-2H3;4-6,12H,3,7H2,1-2H3;2-4H;2-4H,9H2,1H3;6H,2-5H2,1H3. The summed E-state index contributed by atoms with van der Waals surface area (Å²) in [6.45, 7) is 41.1. The maximum atomic E-state index is 12.5. The van der Waals surface area contributed by atoms with Crippen molar-refractivity contribution in [2.24, 2.45) is 0 Å². The molecule has 9 rings (SSSR count). The van der Waals surface area contributed by atoms with Gasteiger partial charge >= 0.3 is 16.2 Å². The van der Waals surface area contributed by atoms with Crippen molar-refractivity contribution < 1.29 is 45.6 Å². The summed E-state index contributed by atoms with van der Waals surface area (Å²) in [7, 11) is -2.44. The van der Waals surface area contributed by atoms with Crippen LogP contribution in [0.1, 0.15) is 63.9 Å². The van der Waals surface area contributed by atoms with Crippen LogP contribution in [0.4, 0.5) is 36.7 Å². The normalized spacial score (nSPS) is 11.3. The van der Waals surface area contributed by atoms with Crippen molar-refractivity contribution in [1.29, 1.82) is 0 Å². The number of carbonyl (C=O) groups is 2. The third-order valence-electron chi connectivity index (χ3n) is 13.1. The van der Waals surface area contributed by atoms with Gasteiger partial charge in [0.2, 0.25) is 5.91 Å². The van der Waals surface area contributed by atoms with Crippen LogP contribution in [0.3, 0.4) is 0 Å². The van der Waals surface area contributed by atoms with Crippen molar-refractivity contribution >= 4 is 85.3 Å². The minimum absolute atomic E-state index is 0.0928. The second-order valence-corrected chi connectivity index (χ2v) is 23.3. The Labute approximate surface area is 548 Å². The number of rotatable bonds is 12. The molecule has 8 aromatic rings. The van der Waals surface area contributed by atoms with E-state index in [2.05, 4.69) is 50.1 Å². The monoisotopic (exact) mass is 1310 g/mol. The largest absolute Gasteiger partial charge is 0.508 e. The molecular formula is C70H72Cl3F2N7O8S. The minimum Gasteiger partial charge on any atom is -0.508 e. The fraction of sp³-hybridized carbons (Fsp3) is 0.243. The van der Waals surface area contributed by atoms with Crippen LogP contribution in [0.2, 0.25) is 15.1 Å². The smallest absolute Gasteiger partial charge is 0.332 e. The van der Waals surface area contributed by atoms with Gasteiger partial charge in [-0.1, -0.05) is 95.8 Å². The van der Waals surface area contributed by atoms with E-state index in [0.717, 1.165) is 88.1 Å². The van der Waals surface area contributed by atoms with Crippen molar-refractivity contribution in [3.05, 3.63) is 251 Å². The zero-order valence-electron chi connectivity index (χ0n) is 52.0. The van der Waals surface area contributed by atoms with Gasteiger partial charge in [-0.15, -0.1) is 3.89 Å². The van der Waals surface area contributed by atoms with Gasteiger partial charge in [0, 0.05) is 52.6 Å². The highest BCUT2D eigenvalue weighted by Crippen LogP contribution is 2.34. The molecular weight excluding hydrogens is 1240 g/mol. The van der Waals surface area contributed by atoms with E-state index >= 15 is 0 Å². The van der Waals surface area contributed by atoms with Crippen LogP contribution in [0.5, 0.6) is 28.7 Å². The van der Waals surface area contributed by atoms with Crippen LogP contribution >= 0.6 is 34.8 Å². The Kier molecular flexibility index (Phi) is 30.4. The van der Waals surface area contributed by atoms with Crippen molar-refractivity contribution in [2.75, 3.05) is 50.9 Å². The number of hydrogen-bond donors (Lipinski definition) is 4. The molecule has 21 heteroatoms. The summed E-state index contributed by atoms with van der Waals surface area (Å²) >= 11 is 17.5. The number of phenolic OH excluding ortho intramolecular Hbond substituents is 1. The van der Waals surface area contributed by atoms with Gasteiger partial charge in [-0.25, -0.2) is 18.9 Å². The van der Waals surface area contributed by atoms with Gasteiger partial charge in [-0.2, -0.15) is 8.42 Å². The van der Waals surface area contributed by atoms with Crippen LogP contribution in [0.15, 0.2) is 150 Å². The van der Waals surface area contributed by atoms with Gasteiger partial charge in [0.15, 0.2) is 17.1 Å². The van der Waals surface area contributed by atoms with Gasteiger partial charge in [0.25, 0.3) is 0 Å². The van der Waals surface area contributed by atoms with E-state index in [9.17, 15) is 31.4 Å². The minimum atomic E-state index is -4.60. The Balaban J connectivity index is 0.000000248. The van der Waals surface area contributed by atoms with Crippen LogP contribution < -0.4 is 25.8 Å².